The van der Waals surface area contributed by atoms with Gasteiger partial charge < -0.3 is 10.3 Å². The zero-order valence-corrected chi connectivity index (χ0v) is 11.9. The van der Waals surface area contributed by atoms with Crippen molar-refractivity contribution in [2.75, 3.05) is 5.73 Å². The number of nitrogens with zero attached hydrogens (tertiary/aromatic N) is 1. The number of rotatable bonds is 2. The normalized spacial score (nSPS) is 10.8. The van der Waals surface area contributed by atoms with Gasteiger partial charge in [0, 0.05) is 5.56 Å². The first-order valence-corrected chi connectivity index (χ1v) is 6.65. The Balaban J connectivity index is 2.22. The van der Waals surface area contributed by atoms with Gasteiger partial charge in [-0.3, -0.25) is 0 Å². The Bertz CT molecular complexity index is 808. The number of nitrogen functional groups attached to an aromatic ring is 1. The molecule has 0 radical (unpaired) electrons. The molecule has 0 unspecified atom stereocenters. The molecule has 1 heterocycles. The lowest BCUT2D eigenvalue weighted by Crippen LogP contribution is -1.91. The highest BCUT2D eigenvalue weighted by Gasteiger charge is 2.19. The van der Waals surface area contributed by atoms with Crippen LogP contribution in [0.15, 0.2) is 47.0 Å². The van der Waals surface area contributed by atoms with Crippen molar-refractivity contribution in [1.29, 1.82) is 0 Å². The highest BCUT2D eigenvalue weighted by molar-refractivity contribution is 5.88. The third-order valence-electron chi connectivity index (χ3n) is 3.58. The molecule has 0 amide bonds. The molecule has 3 nitrogen and oxygen atoms in total. The lowest BCUT2D eigenvalue weighted by molar-refractivity contribution is 0.439. The van der Waals surface area contributed by atoms with E-state index in [4.69, 9.17) is 10.3 Å². The molecule has 0 atom stereocenters. The van der Waals surface area contributed by atoms with Crippen LogP contribution in [0.2, 0.25) is 0 Å². The van der Waals surface area contributed by atoms with Crippen LogP contribution in [0.25, 0.3) is 22.4 Å². The number of benzene rings is 2. The average molecular weight is 282 g/mol. The SMILES string of the molecule is Cc1ccc(-c2noc(N)c2-c2ccccc2C)cc1F. The van der Waals surface area contributed by atoms with Crippen LogP contribution < -0.4 is 5.73 Å². The van der Waals surface area contributed by atoms with Gasteiger partial charge in [-0.15, -0.1) is 0 Å². The molecule has 4 heteroatoms. The van der Waals surface area contributed by atoms with Gasteiger partial charge in [-0.05, 0) is 36.6 Å². The minimum Gasteiger partial charge on any atom is -0.367 e. The lowest BCUT2D eigenvalue weighted by Gasteiger charge is -2.07. The number of aromatic nitrogens is 1. The molecule has 2 aromatic carbocycles. The smallest absolute Gasteiger partial charge is 0.230 e. The number of nitrogens with two attached hydrogens (primary N) is 1. The number of halogens is 1. The highest BCUT2D eigenvalue weighted by atomic mass is 19.1. The molecular formula is C17H15FN2O. The molecule has 0 saturated carbocycles. The summed E-state index contributed by atoms with van der Waals surface area (Å²) in [6.45, 7) is 3.71. The summed E-state index contributed by atoms with van der Waals surface area (Å²) in [7, 11) is 0. The lowest BCUT2D eigenvalue weighted by atomic mass is 9.97. The molecular weight excluding hydrogens is 267 g/mol. The van der Waals surface area contributed by atoms with E-state index in [9.17, 15) is 4.39 Å². The quantitative estimate of drug-likeness (QED) is 0.760. The van der Waals surface area contributed by atoms with Gasteiger partial charge in [0.1, 0.15) is 11.5 Å². The van der Waals surface area contributed by atoms with Gasteiger partial charge in [0.15, 0.2) is 0 Å². The Morgan fingerprint density at radius 3 is 2.52 bits per heavy atom. The summed E-state index contributed by atoms with van der Waals surface area (Å²) < 4.78 is 18.9. The summed E-state index contributed by atoms with van der Waals surface area (Å²) in [6, 6.07) is 12.8. The van der Waals surface area contributed by atoms with Crippen LogP contribution in [0.1, 0.15) is 11.1 Å². The maximum Gasteiger partial charge on any atom is 0.230 e. The second kappa shape index (κ2) is 5.05. The van der Waals surface area contributed by atoms with E-state index >= 15 is 0 Å². The molecule has 3 aromatic rings. The minimum atomic E-state index is -0.273. The van der Waals surface area contributed by atoms with E-state index in [1.54, 1.807) is 13.0 Å². The van der Waals surface area contributed by atoms with Gasteiger partial charge in [0.2, 0.25) is 5.88 Å². The average Bonchev–Trinajstić information content (AvgIpc) is 2.84. The first-order chi connectivity index (χ1) is 10.1. The second-order valence-corrected chi connectivity index (χ2v) is 5.05. The van der Waals surface area contributed by atoms with Crippen LogP contribution in [-0.2, 0) is 0 Å². The summed E-state index contributed by atoms with van der Waals surface area (Å²) in [5.74, 6) is -0.0370. The van der Waals surface area contributed by atoms with Crippen LogP contribution in [0.5, 0.6) is 0 Å². The molecule has 3 rings (SSSR count). The maximum absolute atomic E-state index is 13.8. The van der Waals surface area contributed by atoms with Crippen molar-refractivity contribution in [3.63, 3.8) is 0 Å². The van der Waals surface area contributed by atoms with Crippen molar-refractivity contribution < 1.29 is 8.91 Å². The van der Waals surface area contributed by atoms with Crippen LogP contribution in [0, 0.1) is 19.7 Å². The second-order valence-electron chi connectivity index (χ2n) is 5.05. The zero-order chi connectivity index (χ0) is 15.0. The van der Waals surface area contributed by atoms with Gasteiger partial charge >= 0.3 is 0 Å². The van der Waals surface area contributed by atoms with E-state index < -0.39 is 0 Å². The van der Waals surface area contributed by atoms with Crippen molar-refractivity contribution >= 4 is 5.88 Å². The molecule has 0 saturated heterocycles. The number of anilines is 1. The summed E-state index contributed by atoms with van der Waals surface area (Å²) in [5.41, 5.74) is 10.4. The number of aryl methyl sites for hydroxylation is 2. The zero-order valence-electron chi connectivity index (χ0n) is 11.9. The third-order valence-corrected chi connectivity index (χ3v) is 3.58. The van der Waals surface area contributed by atoms with Crippen molar-refractivity contribution in [3.8, 4) is 22.4 Å². The van der Waals surface area contributed by atoms with E-state index in [1.165, 1.54) is 6.07 Å². The number of hydrogen-bond donors (Lipinski definition) is 1. The molecule has 0 aliphatic carbocycles. The Hall–Kier alpha value is -2.62. The summed E-state index contributed by atoms with van der Waals surface area (Å²) in [6.07, 6.45) is 0. The Kier molecular flexibility index (Phi) is 3.22. The fraction of sp³-hybridized carbons (Fsp3) is 0.118. The summed E-state index contributed by atoms with van der Waals surface area (Å²) >= 11 is 0. The van der Waals surface area contributed by atoms with Gasteiger partial charge in [0.05, 0.1) is 5.56 Å². The van der Waals surface area contributed by atoms with E-state index in [0.717, 1.165) is 11.1 Å². The largest absolute Gasteiger partial charge is 0.367 e. The van der Waals surface area contributed by atoms with Crippen molar-refractivity contribution in [2.24, 2.45) is 0 Å². The van der Waals surface area contributed by atoms with E-state index in [1.807, 2.05) is 37.3 Å². The minimum absolute atomic E-state index is 0.236. The maximum atomic E-state index is 13.8. The van der Waals surface area contributed by atoms with E-state index in [0.29, 0.717) is 22.4 Å². The molecule has 1 aromatic heterocycles. The molecule has 106 valence electrons. The third kappa shape index (κ3) is 2.29. The van der Waals surface area contributed by atoms with Crippen LogP contribution in [-0.4, -0.2) is 5.16 Å². The molecule has 0 spiro atoms. The molecule has 0 fully saturated rings. The summed E-state index contributed by atoms with van der Waals surface area (Å²) in [5, 5.41) is 4.01. The Labute approximate surface area is 122 Å². The molecule has 21 heavy (non-hydrogen) atoms. The highest BCUT2D eigenvalue weighted by Crippen LogP contribution is 2.37. The van der Waals surface area contributed by atoms with Crippen molar-refractivity contribution in [1.82, 2.24) is 5.16 Å². The van der Waals surface area contributed by atoms with Crippen LogP contribution >= 0.6 is 0 Å². The fourth-order valence-corrected chi connectivity index (χ4v) is 2.35. The van der Waals surface area contributed by atoms with Crippen molar-refractivity contribution in [3.05, 3.63) is 59.4 Å². The summed E-state index contributed by atoms with van der Waals surface area (Å²) in [4.78, 5) is 0. The predicted octanol–water partition coefficient (Wildman–Crippen LogP) is 4.35. The Morgan fingerprint density at radius 2 is 1.81 bits per heavy atom. The van der Waals surface area contributed by atoms with Gasteiger partial charge in [-0.2, -0.15) is 0 Å². The number of hydrogen-bond acceptors (Lipinski definition) is 3. The molecule has 0 aliphatic heterocycles. The topological polar surface area (TPSA) is 52.0 Å². The van der Waals surface area contributed by atoms with Gasteiger partial charge in [-0.1, -0.05) is 41.6 Å². The standard InChI is InChI=1S/C17H15FN2O/c1-10-5-3-4-6-13(10)15-16(20-21-17(15)19)12-8-7-11(2)14(18)9-12/h3-9H,19H2,1-2H3. The Morgan fingerprint density at radius 1 is 1.05 bits per heavy atom. The van der Waals surface area contributed by atoms with Crippen molar-refractivity contribution in [2.45, 2.75) is 13.8 Å². The van der Waals surface area contributed by atoms with Gasteiger partial charge in [-0.25, -0.2) is 4.39 Å². The monoisotopic (exact) mass is 282 g/mol. The van der Waals surface area contributed by atoms with E-state index in [-0.39, 0.29) is 11.7 Å². The van der Waals surface area contributed by atoms with E-state index in [2.05, 4.69) is 5.16 Å². The molecule has 0 aliphatic rings. The van der Waals surface area contributed by atoms with Gasteiger partial charge in [0.25, 0.3) is 0 Å². The predicted molar refractivity (Wildman–Crippen MR) is 81.2 cm³/mol. The molecule has 2 N–H and O–H groups in total. The first kappa shape index (κ1) is 13.4. The fourth-order valence-electron chi connectivity index (χ4n) is 2.35. The van der Waals surface area contributed by atoms with Crippen LogP contribution in [0.3, 0.4) is 0 Å². The first-order valence-electron chi connectivity index (χ1n) is 6.65. The van der Waals surface area contributed by atoms with Crippen LogP contribution in [0.4, 0.5) is 10.3 Å². The molecule has 0 bridgehead atoms.